The molecule has 156 valence electrons. The minimum absolute atomic E-state index is 0.168. The highest BCUT2D eigenvalue weighted by atomic mass is 16.5. The van der Waals surface area contributed by atoms with Crippen molar-refractivity contribution in [2.24, 2.45) is 5.92 Å². The Morgan fingerprint density at radius 1 is 1.25 bits per heavy atom. The maximum atomic E-state index is 10.9. The molecule has 0 amide bonds. The molecule has 4 rings (SSSR count). The normalized spacial score (nSPS) is 30.5. The van der Waals surface area contributed by atoms with Crippen LogP contribution in [0.4, 0.5) is 0 Å². The van der Waals surface area contributed by atoms with Gasteiger partial charge in [0.2, 0.25) is 0 Å². The minimum Gasteiger partial charge on any atom is -0.493 e. The number of rotatable bonds is 5. The number of ether oxygens (including phenoxy) is 2. The molecule has 2 heterocycles. The molecule has 4 heteroatoms. The molecule has 4 nitrogen and oxygen atoms in total. The highest BCUT2D eigenvalue weighted by Crippen LogP contribution is 2.57. The van der Waals surface area contributed by atoms with Crippen LogP contribution in [0.3, 0.4) is 0 Å². The summed E-state index contributed by atoms with van der Waals surface area (Å²) in [6, 6.07) is 2.27. The lowest BCUT2D eigenvalue weighted by molar-refractivity contribution is -0.0954. The molecule has 1 aromatic rings. The van der Waals surface area contributed by atoms with E-state index in [0.717, 1.165) is 49.4 Å². The van der Waals surface area contributed by atoms with Crippen LogP contribution < -0.4 is 9.47 Å². The van der Waals surface area contributed by atoms with E-state index < -0.39 is 5.60 Å². The van der Waals surface area contributed by atoms with E-state index in [0.29, 0.717) is 18.8 Å². The van der Waals surface area contributed by atoms with Gasteiger partial charge in [0.1, 0.15) is 17.1 Å². The quantitative estimate of drug-likeness (QED) is 0.728. The first-order valence-electron chi connectivity index (χ1n) is 11.2. The lowest BCUT2D eigenvalue weighted by Gasteiger charge is -2.51. The summed E-state index contributed by atoms with van der Waals surface area (Å²) in [5.41, 5.74) is 2.63. The van der Waals surface area contributed by atoms with E-state index in [1.54, 1.807) is 0 Å². The lowest BCUT2D eigenvalue weighted by atomic mass is 9.62. The maximum absolute atomic E-state index is 10.9. The second kappa shape index (κ2) is 7.53. The molecule has 2 aliphatic heterocycles. The van der Waals surface area contributed by atoms with Crippen LogP contribution in [-0.4, -0.2) is 34.6 Å². The van der Waals surface area contributed by atoms with Crippen LogP contribution in [0.25, 0.3) is 0 Å². The third kappa shape index (κ3) is 3.43. The fraction of sp³-hybridized carbons (Fsp3) is 0.750. The molecule has 1 saturated carbocycles. The SMILES string of the molecule is CCCCCc1cc2c(c3c1CCCO3)C1CC(O)(CO)CC[C@H]1C(C)(C)O2. The zero-order chi connectivity index (χ0) is 19.9. The largest absolute Gasteiger partial charge is 0.493 e. The molecule has 1 aromatic carbocycles. The van der Waals surface area contributed by atoms with Crippen molar-refractivity contribution in [3.8, 4) is 11.5 Å². The molecule has 0 aromatic heterocycles. The van der Waals surface area contributed by atoms with Crippen LogP contribution in [-0.2, 0) is 12.8 Å². The number of aryl methyl sites for hydroxylation is 1. The third-order valence-corrected chi connectivity index (χ3v) is 7.28. The smallest absolute Gasteiger partial charge is 0.129 e. The standard InChI is InChI=1S/C24H36O4/c1-4-5-6-8-16-13-20-21(22-17(16)9-7-12-27-22)18-14-24(26,15-25)11-10-19(18)23(2,3)28-20/h13,18-19,25-26H,4-12,14-15H2,1-3H3/t18?,19-,24?/m1/s1. The van der Waals surface area contributed by atoms with Gasteiger partial charge in [0.05, 0.1) is 18.8 Å². The Kier molecular flexibility index (Phi) is 5.39. The van der Waals surface area contributed by atoms with E-state index in [4.69, 9.17) is 9.47 Å². The van der Waals surface area contributed by atoms with Crippen LogP contribution in [0.15, 0.2) is 6.07 Å². The van der Waals surface area contributed by atoms with Crippen LogP contribution in [0.1, 0.15) is 88.3 Å². The van der Waals surface area contributed by atoms with Crippen molar-refractivity contribution in [1.82, 2.24) is 0 Å². The average molecular weight is 389 g/mol. The van der Waals surface area contributed by atoms with Crippen LogP contribution in [0.2, 0.25) is 0 Å². The molecule has 3 aliphatic rings. The first kappa shape index (κ1) is 20.0. The summed E-state index contributed by atoms with van der Waals surface area (Å²) >= 11 is 0. The van der Waals surface area contributed by atoms with E-state index in [2.05, 4.69) is 26.8 Å². The summed E-state index contributed by atoms with van der Waals surface area (Å²) in [6.07, 6.45) is 8.93. The molecule has 1 aliphatic carbocycles. The minimum atomic E-state index is -0.993. The molecular formula is C24H36O4. The molecule has 1 fully saturated rings. The average Bonchev–Trinajstić information content (AvgIpc) is 2.67. The number of hydrogen-bond acceptors (Lipinski definition) is 4. The van der Waals surface area contributed by atoms with E-state index in [9.17, 15) is 10.2 Å². The van der Waals surface area contributed by atoms with E-state index in [1.165, 1.54) is 30.4 Å². The molecule has 0 radical (unpaired) electrons. The summed E-state index contributed by atoms with van der Waals surface area (Å²) in [6.45, 7) is 7.17. The summed E-state index contributed by atoms with van der Waals surface area (Å²) in [4.78, 5) is 0. The van der Waals surface area contributed by atoms with Gasteiger partial charge in [0, 0.05) is 17.4 Å². The number of benzene rings is 1. The fourth-order valence-electron chi connectivity index (χ4n) is 5.75. The molecule has 0 saturated heterocycles. The molecule has 0 spiro atoms. The van der Waals surface area contributed by atoms with Crippen molar-refractivity contribution in [1.29, 1.82) is 0 Å². The highest BCUT2D eigenvalue weighted by molar-refractivity contribution is 5.58. The van der Waals surface area contributed by atoms with Gasteiger partial charge >= 0.3 is 0 Å². The van der Waals surface area contributed by atoms with Gasteiger partial charge < -0.3 is 19.7 Å². The van der Waals surface area contributed by atoms with E-state index >= 15 is 0 Å². The Hall–Kier alpha value is -1.26. The van der Waals surface area contributed by atoms with Crippen molar-refractivity contribution in [3.05, 3.63) is 22.8 Å². The lowest BCUT2D eigenvalue weighted by Crippen LogP contribution is -2.51. The highest BCUT2D eigenvalue weighted by Gasteiger charge is 2.51. The van der Waals surface area contributed by atoms with Crippen molar-refractivity contribution < 1.29 is 19.7 Å². The molecule has 3 atom stereocenters. The predicted octanol–water partition coefficient (Wildman–Crippen LogP) is 4.52. The second-order valence-electron chi connectivity index (χ2n) is 9.71. The Morgan fingerprint density at radius 2 is 2.07 bits per heavy atom. The van der Waals surface area contributed by atoms with Crippen molar-refractivity contribution in [2.75, 3.05) is 13.2 Å². The zero-order valence-corrected chi connectivity index (χ0v) is 17.7. The van der Waals surface area contributed by atoms with Crippen molar-refractivity contribution in [2.45, 2.75) is 95.7 Å². The van der Waals surface area contributed by atoms with Gasteiger partial charge in [0.25, 0.3) is 0 Å². The van der Waals surface area contributed by atoms with Gasteiger partial charge in [-0.05, 0) is 76.0 Å². The van der Waals surface area contributed by atoms with Crippen LogP contribution >= 0.6 is 0 Å². The summed E-state index contributed by atoms with van der Waals surface area (Å²) in [7, 11) is 0. The van der Waals surface area contributed by atoms with Crippen LogP contribution in [0, 0.1) is 5.92 Å². The van der Waals surface area contributed by atoms with Crippen molar-refractivity contribution >= 4 is 0 Å². The Balaban J connectivity index is 1.80. The zero-order valence-electron chi connectivity index (χ0n) is 17.7. The first-order valence-corrected chi connectivity index (χ1v) is 11.2. The number of fused-ring (bicyclic) bond motifs is 5. The Morgan fingerprint density at radius 3 is 2.82 bits per heavy atom. The van der Waals surface area contributed by atoms with E-state index in [1.807, 2.05) is 0 Å². The number of unbranched alkanes of at least 4 members (excludes halogenated alkanes) is 2. The van der Waals surface area contributed by atoms with Crippen molar-refractivity contribution in [3.63, 3.8) is 0 Å². The second-order valence-corrected chi connectivity index (χ2v) is 9.71. The summed E-state index contributed by atoms with van der Waals surface area (Å²) in [5, 5.41) is 20.7. The first-order chi connectivity index (χ1) is 13.4. The maximum Gasteiger partial charge on any atom is 0.129 e. The molecule has 2 N–H and O–H groups in total. The van der Waals surface area contributed by atoms with Gasteiger partial charge in [-0.3, -0.25) is 0 Å². The van der Waals surface area contributed by atoms with E-state index in [-0.39, 0.29) is 18.1 Å². The van der Waals surface area contributed by atoms with Gasteiger partial charge in [-0.1, -0.05) is 19.8 Å². The van der Waals surface area contributed by atoms with Gasteiger partial charge in [-0.25, -0.2) is 0 Å². The number of aliphatic hydroxyl groups excluding tert-OH is 1. The molecule has 0 bridgehead atoms. The number of hydrogen-bond donors (Lipinski definition) is 2. The Bertz CT molecular complexity index is 726. The summed E-state index contributed by atoms with van der Waals surface area (Å²) < 4.78 is 12.8. The molecule has 2 unspecified atom stereocenters. The topological polar surface area (TPSA) is 58.9 Å². The van der Waals surface area contributed by atoms with Crippen LogP contribution in [0.5, 0.6) is 11.5 Å². The Labute approximate surface area is 169 Å². The molecular weight excluding hydrogens is 352 g/mol. The predicted molar refractivity (Wildman–Crippen MR) is 110 cm³/mol. The summed E-state index contributed by atoms with van der Waals surface area (Å²) in [5.74, 6) is 2.47. The monoisotopic (exact) mass is 388 g/mol. The molecule has 28 heavy (non-hydrogen) atoms. The fourth-order valence-corrected chi connectivity index (χ4v) is 5.75. The van der Waals surface area contributed by atoms with Gasteiger partial charge in [0.15, 0.2) is 0 Å². The third-order valence-electron chi connectivity index (χ3n) is 7.28. The van der Waals surface area contributed by atoms with Gasteiger partial charge in [-0.15, -0.1) is 0 Å². The van der Waals surface area contributed by atoms with Gasteiger partial charge in [-0.2, -0.15) is 0 Å². The number of aliphatic hydroxyl groups is 2.